The molecule has 1 aliphatic heterocycles. The van der Waals surface area contributed by atoms with Crippen LogP contribution in [0.1, 0.15) is 33.4 Å². The van der Waals surface area contributed by atoms with Crippen LogP contribution < -0.4 is 10.1 Å². The number of ether oxygens (including phenoxy) is 2. The van der Waals surface area contributed by atoms with Gasteiger partial charge in [-0.3, -0.25) is 4.79 Å². The summed E-state index contributed by atoms with van der Waals surface area (Å²) in [6.07, 6.45) is -5.72. The maximum atomic E-state index is 12.6. The Balaban J connectivity index is 1.82. The second kappa shape index (κ2) is 7.61. The Morgan fingerprint density at radius 2 is 1.89 bits per heavy atom. The van der Waals surface area contributed by atoms with Crippen molar-refractivity contribution >= 4 is 12.0 Å². The quantitative estimate of drug-likeness (QED) is 0.856. The molecule has 1 atom stereocenters. The molecule has 1 saturated heterocycles. The third-order valence-corrected chi connectivity index (χ3v) is 3.56. The van der Waals surface area contributed by atoms with Gasteiger partial charge in [-0.2, -0.15) is 13.2 Å². The smallest absolute Gasteiger partial charge is 0.433 e. The van der Waals surface area contributed by atoms with Crippen molar-refractivity contribution in [3.8, 4) is 5.88 Å². The molecule has 150 valence electrons. The number of aromatic nitrogens is 1. The van der Waals surface area contributed by atoms with Gasteiger partial charge in [0.05, 0.1) is 13.1 Å². The summed E-state index contributed by atoms with van der Waals surface area (Å²) in [5, 5.41) is 2.44. The number of alkyl halides is 3. The topological polar surface area (TPSA) is 80.8 Å². The molecule has 1 N–H and O–H groups in total. The minimum Gasteiger partial charge on any atom is -0.471 e. The van der Waals surface area contributed by atoms with E-state index in [-0.39, 0.29) is 24.9 Å². The van der Waals surface area contributed by atoms with Gasteiger partial charge in [-0.1, -0.05) is 6.07 Å². The number of hydrogen-bond acceptors (Lipinski definition) is 5. The number of likely N-dealkylation sites (tertiary alicyclic amines) is 1. The minimum atomic E-state index is -4.55. The summed E-state index contributed by atoms with van der Waals surface area (Å²) in [7, 11) is 0. The zero-order chi connectivity index (χ0) is 20.4. The van der Waals surface area contributed by atoms with Crippen molar-refractivity contribution in [2.24, 2.45) is 0 Å². The van der Waals surface area contributed by atoms with Gasteiger partial charge < -0.3 is 19.7 Å². The number of amides is 2. The van der Waals surface area contributed by atoms with E-state index >= 15 is 0 Å². The Morgan fingerprint density at radius 3 is 2.44 bits per heavy atom. The Bertz CT molecular complexity index is 697. The van der Waals surface area contributed by atoms with Gasteiger partial charge in [0, 0.05) is 6.07 Å². The van der Waals surface area contributed by atoms with Gasteiger partial charge in [-0.15, -0.1) is 0 Å². The summed E-state index contributed by atoms with van der Waals surface area (Å²) >= 11 is 0. The SMILES string of the molecule is CC(NC(=O)OC(C)(C)C)C(=O)N1CC(Oc2cccc(C(F)(F)F)n2)C1. The molecule has 10 heteroatoms. The monoisotopic (exact) mass is 389 g/mol. The second-order valence-electron chi connectivity index (χ2n) is 7.21. The molecule has 1 unspecified atom stereocenters. The number of pyridine rings is 1. The molecule has 2 rings (SSSR count). The van der Waals surface area contributed by atoms with Crippen molar-refractivity contribution in [1.29, 1.82) is 0 Å². The van der Waals surface area contributed by atoms with Crippen LogP contribution in [0.2, 0.25) is 0 Å². The predicted molar refractivity (Wildman–Crippen MR) is 89.1 cm³/mol. The molecule has 0 aromatic carbocycles. The number of hydrogen-bond donors (Lipinski definition) is 1. The average Bonchev–Trinajstić information content (AvgIpc) is 2.47. The van der Waals surface area contributed by atoms with Gasteiger partial charge in [-0.05, 0) is 33.8 Å². The van der Waals surface area contributed by atoms with Crippen LogP contribution >= 0.6 is 0 Å². The summed E-state index contributed by atoms with van der Waals surface area (Å²) < 4.78 is 48.4. The number of halogens is 3. The summed E-state index contributed by atoms with van der Waals surface area (Å²) in [6.45, 7) is 7.03. The summed E-state index contributed by atoms with van der Waals surface area (Å²) in [6, 6.07) is 2.59. The fourth-order valence-electron chi connectivity index (χ4n) is 2.32. The number of carbonyl (C=O) groups excluding carboxylic acids is 2. The van der Waals surface area contributed by atoms with Gasteiger partial charge >= 0.3 is 12.3 Å². The van der Waals surface area contributed by atoms with E-state index in [2.05, 4.69) is 10.3 Å². The number of carbonyl (C=O) groups is 2. The van der Waals surface area contributed by atoms with Crippen molar-refractivity contribution in [1.82, 2.24) is 15.2 Å². The molecule has 7 nitrogen and oxygen atoms in total. The Morgan fingerprint density at radius 1 is 1.26 bits per heavy atom. The first-order valence-electron chi connectivity index (χ1n) is 8.34. The summed E-state index contributed by atoms with van der Waals surface area (Å²) in [5.41, 5.74) is -1.72. The molecule has 0 bridgehead atoms. The first-order chi connectivity index (χ1) is 12.3. The van der Waals surface area contributed by atoms with E-state index in [1.165, 1.54) is 24.0 Å². The van der Waals surface area contributed by atoms with E-state index in [1.807, 2.05) is 0 Å². The van der Waals surface area contributed by atoms with Gasteiger partial charge in [-0.25, -0.2) is 9.78 Å². The van der Waals surface area contributed by atoms with E-state index < -0.39 is 35.7 Å². The fourth-order valence-corrected chi connectivity index (χ4v) is 2.32. The second-order valence-corrected chi connectivity index (χ2v) is 7.21. The molecule has 1 aliphatic rings. The molecule has 2 amide bonds. The third kappa shape index (κ3) is 6.00. The molecule has 0 spiro atoms. The van der Waals surface area contributed by atoms with Crippen LogP contribution in [0, 0.1) is 0 Å². The lowest BCUT2D eigenvalue weighted by atomic mass is 10.1. The Hall–Kier alpha value is -2.52. The standard InChI is InChI=1S/C17H22F3N3O4/c1-10(21-15(25)27-16(2,3)4)14(24)23-8-11(9-23)26-13-7-5-6-12(22-13)17(18,19)20/h5-7,10-11H,8-9H2,1-4H3,(H,21,25). The summed E-state index contributed by atoms with van der Waals surface area (Å²) in [5.74, 6) is -0.487. The highest BCUT2D eigenvalue weighted by atomic mass is 19.4. The van der Waals surface area contributed by atoms with Gasteiger partial charge in [0.25, 0.3) is 0 Å². The molecular weight excluding hydrogens is 367 g/mol. The van der Waals surface area contributed by atoms with Crippen LogP contribution in [0.3, 0.4) is 0 Å². The van der Waals surface area contributed by atoms with E-state index in [4.69, 9.17) is 9.47 Å². The van der Waals surface area contributed by atoms with Gasteiger partial charge in [0.15, 0.2) is 0 Å². The number of rotatable bonds is 4. The first kappa shape index (κ1) is 20.8. The number of alkyl carbamates (subject to hydrolysis) is 1. The average molecular weight is 389 g/mol. The Kier molecular flexibility index (Phi) is 5.86. The van der Waals surface area contributed by atoms with E-state index in [9.17, 15) is 22.8 Å². The lowest BCUT2D eigenvalue weighted by Crippen LogP contribution is -2.60. The zero-order valence-electron chi connectivity index (χ0n) is 15.5. The first-order valence-corrected chi connectivity index (χ1v) is 8.34. The van der Waals surface area contributed by atoms with E-state index in [0.717, 1.165) is 6.07 Å². The predicted octanol–water partition coefficient (Wildman–Crippen LogP) is 2.60. The van der Waals surface area contributed by atoms with Crippen LogP contribution in [0.15, 0.2) is 18.2 Å². The van der Waals surface area contributed by atoms with Crippen molar-refractivity contribution < 1.29 is 32.2 Å². The van der Waals surface area contributed by atoms with Crippen LogP contribution in [0.25, 0.3) is 0 Å². The van der Waals surface area contributed by atoms with Crippen LogP contribution in [0.5, 0.6) is 5.88 Å². The zero-order valence-corrected chi connectivity index (χ0v) is 15.5. The normalized spacial score (nSPS) is 16.3. The lowest BCUT2D eigenvalue weighted by Gasteiger charge is -2.40. The highest BCUT2D eigenvalue weighted by Gasteiger charge is 2.36. The van der Waals surface area contributed by atoms with E-state index in [1.54, 1.807) is 20.8 Å². The van der Waals surface area contributed by atoms with Crippen molar-refractivity contribution in [3.05, 3.63) is 23.9 Å². The minimum absolute atomic E-state index is 0.151. The number of nitrogens with zero attached hydrogens (tertiary/aromatic N) is 2. The molecule has 2 heterocycles. The van der Waals surface area contributed by atoms with Crippen LogP contribution in [0.4, 0.5) is 18.0 Å². The molecule has 0 saturated carbocycles. The maximum Gasteiger partial charge on any atom is 0.433 e. The van der Waals surface area contributed by atoms with Gasteiger partial charge in [0.1, 0.15) is 23.4 Å². The van der Waals surface area contributed by atoms with Crippen LogP contribution in [-0.2, 0) is 15.7 Å². The highest BCUT2D eigenvalue weighted by Crippen LogP contribution is 2.29. The molecule has 1 aromatic rings. The van der Waals surface area contributed by atoms with Crippen molar-refractivity contribution in [3.63, 3.8) is 0 Å². The van der Waals surface area contributed by atoms with Crippen LogP contribution in [-0.4, -0.2) is 52.7 Å². The molecule has 1 aromatic heterocycles. The Labute approximate surface area is 154 Å². The molecule has 1 fully saturated rings. The van der Waals surface area contributed by atoms with Crippen molar-refractivity contribution in [2.45, 2.75) is 51.6 Å². The highest BCUT2D eigenvalue weighted by molar-refractivity contribution is 5.86. The summed E-state index contributed by atoms with van der Waals surface area (Å²) in [4.78, 5) is 28.8. The molecule has 0 radical (unpaired) electrons. The maximum absolute atomic E-state index is 12.6. The third-order valence-electron chi connectivity index (χ3n) is 3.56. The largest absolute Gasteiger partial charge is 0.471 e. The molecular formula is C17H22F3N3O4. The van der Waals surface area contributed by atoms with E-state index in [0.29, 0.717) is 0 Å². The van der Waals surface area contributed by atoms with Crippen molar-refractivity contribution in [2.75, 3.05) is 13.1 Å². The van der Waals surface area contributed by atoms with Gasteiger partial charge in [0.2, 0.25) is 11.8 Å². The lowest BCUT2D eigenvalue weighted by molar-refractivity contribution is -0.142. The fraction of sp³-hybridized carbons (Fsp3) is 0.588. The molecule has 27 heavy (non-hydrogen) atoms. The number of nitrogens with one attached hydrogen (secondary N) is 1. The molecule has 0 aliphatic carbocycles.